The second-order valence-electron chi connectivity index (χ2n) is 17.7. The number of fused-ring (bicyclic) bond motifs is 2. The first kappa shape index (κ1) is 43.5. The normalized spacial score (nSPS) is 21.9. The molecule has 18 heteroatoms. The number of nitrogens with zero attached hydrogens (tertiary/aromatic N) is 7. The van der Waals surface area contributed by atoms with E-state index in [1.807, 2.05) is 38.1 Å². The molecule has 2 aromatic carbocycles. The summed E-state index contributed by atoms with van der Waals surface area (Å²) >= 11 is 6.60. The van der Waals surface area contributed by atoms with Gasteiger partial charge in [0, 0.05) is 93.7 Å². The summed E-state index contributed by atoms with van der Waals surface area (Å²) in [4.78, 5) is 80.8. The van der Waals surface area contributed by atoms with Gasteiger partial charge in [-0.25, -0.2) is 4.98 Å². The average molecular weight is 895 g/mol. The monoisotopic (exact) mass is 894 g/mol. The number of nitrogens with one attached hydrogen (secondary N) is 3. The number of hydrogen-bond donors (Lipinski definition) is 3. The van der Waals surface area contributed by atoms with E-state index < -0.39 is 6.04 Å². The molecule has 5 aliphatic rings. The molecule has 0 spiro atoms. The Morgan fingerprint density at radius 2 is 1.72 bits per heavy atom. The number of hydrogen-bond acceptors (Lipinski definition) is 13. The molecule has 64 heavy (non-hydrogen) atoms. The third-order valence-electron chi connectivity index (χ3n) is 13.5. The number of aromatic nitrogens is 3. The van der Waals surface area contributed by atoms with Crippen molar-refractivity contribution in [3.05, 3.63) is 74.7 Å². The number of likely N-dealkylation sites (N-methyl/N-ethyl adjacent to an activating group) is 1. The van der Waals surface area contributed by atoms with Crippen molar-refractivity contribution in [3.63, 3.8) is 0 Å². The second-order valence-corrected chi connectivity index (χ2v) is 18.1. The molecule has 1 atom stereocenters. The molecule has 6 heterocycles. The van der Waals surface area contributed by atoms with Crippen LogP contribution in [0.5, 0.6) is 5.75 Å². The lowest BCUT2D eigenvalue weighted by Gasteiger charge is -2.48. The van der Waals surface area contributed by atoms with Crippen LogP contribution in [0.1, 0.15) is 79.9 Å². The maximum Gasteiger partial charge on any atom is 0.293 e. The van der Waals surface area contributed by atoms with Crippen LogP contribution in [0.15, 0.2) is 47.4 Å². The van der Waals surface area contributed by atoms with E-state index in [-0.39, 0.29) is 66.2 Å². The lowest BCUT2D eigenvalue weighted by Crippen LogP contribution is -2.56. The third kappa shape index (κ3) is 8.60. The van der Waals surface area contributed by atoms with Gasteiger partial charge < -0.3 is 39.4 Å². The van der Waals surface area contributed by atoms with E-state index in [0.29, 0.717) is 47.0 Å². The average Bonchev–Trinajstić information content (AvgIpc) is 3.61. The van der Waals surface area contributed by atoms with Crippen LogP contribution in [-0.4, -0.2) is 125 Å². The number of amides is 4. The number of carbonyl (C=O) groups is 4. The standard InChI is InChI=1S/C46H55ClN10O7/c1-26(2)57-37-7-5-29(19-28(37)20-39(45(57)62)63-25-41(59)48-4)50-42-35(47)23-49-46(52-42)55-13-11-31(12-14-55)64-32-21-30(22-32)53-15-17-54(18-16-53)36-8-6-33-34(27(36)3)24-56(44(33)61)38-9-10-40(58)51-43(38)60/h5-8,19-20,23,26,30-32,38H,9-18,21-22,24-25H2,1-4H3,(H,48,59)(H,49,50,52)(H,51,58,60)/t30-,32-,38?. The Labute approximate surface area is 376 Å². The van der Waals surface area contributed by atoms with Crippen molar-refractivity contribution in [2.24, 2.45) is 0 Å². The van der Waals surface area contributed by atoms with Gasteiger partial charge in [-0.05, 0) is 100 Å². The van der Waals surface area contributed by atoms with Gasteiger partial charge in [0.25, 0.3) is 17.4 Å². The number of pyridine rings is 1. The second kappa shape index (κ2) is 18.0. The summed E-state index contributed by atoms with van der Waals surface area (Å²) in [7, 11) is 1.52. The van der Waals surface area contributed by atoms with Gasteiger partial charge in [0.05, 0.1) is 23.9 Å². The molecule has 0 radical (unpaired) electrons. The smallest absolute Gasteiger partial charge is 0.293 e. The topological polar surface area (TPSA) is 184 Å². The summed E-state index contributed by atoms with van der Waals surface area (Å²) in [5.41, 5.74) is 5.00. The Bertz CT molecular complexity index is 2550. The minimum Gasteiger partial charge on any atom is -0.478 e. The molecule has 0 bridgehead atoms. The van der Waals surface area contributed by atoms with Gasteiger partial charge in [-0.3, -0.25) is 34.2 Å². The molecular formula is C46H55ClN10O7. The minimum atomic E-state index is -0.616. The summed E-state index contributed by atoms with van der Waals surface area (Å²) in [6.07, 6.45) is 6.44. The van der Waals surface area contributed by atoms with Crippen molar-refractivity contribution in [1.29, 1.82) is 0 Å². The fourth-order valence-electron chi connectivity index (χ4n) is 9.82. The van der Waals surface area contributed by atoms with Crippen LogP contribution in [0.2, 0.25) is 5.02 Å². The largest absolute Gasteiger partial charge is 0.478 e. The van der Waals surface area contributed by atoms with Crippen molar-refractivity contribution >= 4 is 69.3 Å². The SMILES string of the molecule is CNC(=O)COc1cc2cc(Nc3nc(N4CCC(O[C@H]5C[C@H](N6CCN(c7ccc8c(c7C)CN(C7CCC(=O)NC7=O)C8=O)CC6)C5)CC4)ncc3Cl)ccc2n(C(C)C)c1=O. The number of ether oxygens (including phenoxy) is 2. The number of halogens is 1. The highest BCUT2D eigenvalue weighted by Gasteiger charge is 2.41. The molecule has 1 saturated carbocycles. The van der Waals surface area contributed by atoms with Crippen LogP contribution < -0.4 is 36.0 Å². The predicted octanol–water partition coefficient (Wildman–Crippen LogP) is 4.30. The minimum absolute atomic E-state index is 0.0940. The molecule has 17 nitrogen and oxygen atoms in total. The zero-order valence-corrected chi connectivity index (χ0v) is 37.4. The van der Waals surface area contributed by atoms with Gasteiger partial charge in [0.2, 0.25) is 17.8 Å². The van der Waals surface area contributed by atoms with Gasteiger partial charge in [0.1, 0.15) is 11.1 Å². The van der Waals surface area contributed by atoms with Gasteiger partial charge in [-0.2, -0.15) is 4.98 Å². The molecule has 4 amide bonds. The van der Waals surface area contributed by atoms with Gasteiger partial charge in [0.15, 0.2) is 18.2 Å². The first-order chi connectivity index (χ1) is 30.8. The predicted molar refractivity (Wildman–Crippen MR) is 243 cm³/mol. The van der Waals surface area contributed by atoms with Gasteiger partial charge >= 0.3 is 0 Å². The molecule has 4 fully saturated rings. The van der Waals surface area contributed by atoms with Crippen molar-refractivity contribution in [3.8, 4) is 5.75 Å². The maximum atomic E-state index is 13.3. The number of rotatable bonds is 12. The third-order valence-corrected chi connectivity index (χ3v) is 13.8. The number of piperidine rings is 2. The summed E-state index contributed by atoms with van der Waals surface area (Å²) in [5.74, 6) is 0.00770. The van der Waals surface area contributed by atoms with E-state index in [4.69, 9.17) is 26.1 Å². The van der Waals surface area contributed by atoms with Gasteiger partial charge in [-0.1, -0.05) is 11.6 Å². The van der Waals surface area contributed by atoms with Crippen molar-refractivity contribution in [2.45, 2.75) is 96.2 Å². The summed E-state index contributed by atoms with van der Waals surface area (Å²) in [5, 5.41) is 9.36. The fourth-order valence-corrected chi connectivity index (χ4v) is 9.96. The quantitative estimate of drug-likeness (QED) is 0.171. The van der Waals surface area contributed by atoms with Crippen molar-refractivity contribution < 1.29 is 28.7 Å². The number of anilines is 4. The van der Waals surface area contributed by atoms with Crippen LogP contribution >= 0.6 is 11.6 Å². The molecule has 9 rings (SSSR count). The zero-order chi connectivity index (χ0) is 44.8. The zero-order valence-electron chi connectivity index (χ0n) is 36.7. The number of benzene rings is 2. The van der Waals surface area contributed by atoms with E-state index >= 15 is 0 Å². The molecule has 3 saturated heterocycles. The lowest BCUT2D eigenvalue weighted by molar-refractivity contribution is -0.137. The van der Waals surface area contributed by atoms with E-state index in [1.54, 1.807) is 21.7 Å². The molecular weight excluding hydrogens is 840 g/mol. The number of carbonyl (C=O) groups excluding carboxylic acids is 4. The van der Waals surface area contributed by atoms with Crippen LogP contribution in [0.3, 0.4) is 0 Å². The van der Waals surface area contributed by atoms with Crippen LogP contribution in [0, 0.1) is 6.92 Å². The van der Waals surface area contributed by atoms with Crippen molar-refractivity contribution in [1.82, 2.24) is 35.0 Å². The summed E-state index contributed by atoms with van der Waals surface area (Å²) in [6, 6.07) is 11.0. The van der Waals surface area contributed by atoms with Crippen LogP contribution in [0.25, 0.3) is 10.9 Å². The van der Waals surface area contributed by atoms with E-state index in [1.165, 1.54) is 7.05 Å². The first-order valence-corrected chi connectivity index (χ1v) is 22.7. The maximum absolute atomic E-state index is 13.3. The first-order valence-electron chi connectivity index (χ1n) is 22.3. The molecule has 2 aromatic heterocycles. The van der Waals surface area contributed by atoms with Crippen LogP contribution in [0.4, 0.5) is 23.1 Å². The molecule has 1 unspecified atom stereocenters. The summed E-state index contributed by atoms with van der Waals surface area (Å²) < 4.78 is 13.9. The Morgan fingerprint density at radius 3 is 2.44 bits per heavy atom. The molecule has 4 aliphatic heterocycles. The number of imide groups is 1. The molecule has 1 aliphatic carbocycles. The fraction of sp³-hybridized carbons (Fsp3) is 0.500. The molecule has 338 valence electrons. The Morgan fingerprint density at radius 1 is 0.953 bits per heavy atom. The highest BCUT2D eigenvalue weighted by molar-refractivity contribution is 6.33. The Kier molecular flexibility index (Phi) is 12.2. The van der Waals surface area contributed by atoms with E-state index in [9.17, 15) is 24.0 Å². The Hall–Kier alpha value is -5.78. The lowest BCUT2D eigenvalue weighted by atomic mass is 9.87. The highest BCUT2D eigenvalue weighted by Crippen LogP contribution is 2.37. The van der Waals surface area contributed by atoms with Crippen LogP contribution in [-0.2, 0) is 25.7 Å². The van der Waals surface area contributed by atoms with Gasteiger partial charge in [-0.15, -0.1) is 0 Å². The van der Waals surface area contributed by atoms with E-state index in [0.717, 1.165) is 92.7 Å². The van der Waals surface area contributed by atoms with E-state index in [2.05, 4.69) is 48.6 Å². The number of piperazine rings is 1. The molecule has 3 N–H and O–H groups in total. The molecule has 4 aromatic rings. The highest BCUT2D eigenvalue weighted by atomic mass is 35.5. The Balaban J connectivity index is 0.746. The summed E-state index contributed by atoms with van der Waals surface area (Å²) in [6.45, 7) is 11.3. The van der Waals surface area contributed by atoms with Crippen molar-refractivity contribution in [2.75, 3.05) is 68.0 Å².